The van der Waals surface area contributed by atoms with E-state index in [2.05, 4.69) is 47.2 Å². The fraction of sp³-hybridized carbons (Fsp3) is 0.645. The summed E-state index contributed by atoms with van der Waals surface area (Å²) in [5, 5.41) is 3.30. The highest BCUT2D eigenvalue weighted by Gasteiger charge is 2.30. The van der Waals surface area contributed by atoms with Crippen molar-refractivity contribution in [3.63, 3.8) is 0 Å². The van der Waals surface area contributed by atoms with Gasteiger partial charge in [-0.1, -0.05) is 32.6 Å². The summed E-state index contributed by atoms with van der Waals surface area (Å²) in [6.45, 7) is 16.5. The molecule has 2 fully saturated rings. The van der Waals surface area contributed by atoms with Crippen molar-refractivity contribution in [1.29, 1.82) is 0 Å². The summed E-state index contributed by atoms with van der Waals surface area (Å²) in [4.78, 5) is 29.4. The van der Waals surface area contributed by atoms with Gasteiger partial charge in [0.15, 0.2) is 5.50 Å². The van der Waals surface area contributed by atoms with E-state index < -0.39 is 0 Å². The number of halogens is 1. The Bertz CT molecular complexity index is 1150. The first-order valence-electron chi connectivity index (χ1n) is 15.3. The van der Waals surface area contributed by atoms with Crippen molar-refractivity contribution in [3.05, 3.63) is 47.8 Å². The minimum Gasteiger partial charge on any atom is -0.372 e. The summed E-state index contributed by atoms with van der Waals surface area (Å²) in [5.41, 5.74) is 3.18. The lowest BCUT2D eigenvalue weighted by atomic mass is 10.1. The third kappa shape index (κ3) is 7.83. The number of aryl methyl sites for hydroxylation is 2. The Labute approximate surface area is 249 Å². The molecule has 10 heteroatoms. The number of anilines is 1. The molecule has 2 atom stereocenters. The number of nitrogens with zero attached hydrogens (tertiary/aromatic N) is 6. The molecule has 1 amide bonds. The van der Waals surface area contributed by atoms with Crippen molar-refractivity contribution in [3.8, 4) is 0 Å². The maximum absolute atomic E-state index is 13.7. The number of carbonyl (C=O) groups is 1. The molecular formula is C31H48FN7OS. The molecule has 8 nitrogen and oxygen atoms in total. The number of amides is 1. The van der Waals surface area contributed by atoms with Gasteiger partial charge in [-0.05, 0) is 45.2 Å². The molecular weight excluding hydrogens is 537 g/mol. The predicted molar refractivity (Wildman–Crippen MR) is 169 cm³/mol. The molecule has 3 aliphatic rings. The van der Waals surface area contributed by atoms with Gasteiger partial charge < -0.3 is 24.6 Å². The number of nitrogens with one attached hydrogen (secondary N) is 1. The lowest BCUT2D eigenvalue weighted by molar-refractivity contribution is -0.136. The van der Waals surface area contributed by atoms with Crippen molar-refractivity contribution in [2.75, 3.05) is 57.0 Å². The highest BCUT2D eigenvalue weighted by atomic mass is 32.2. The van der Waals surface area contributed by atoms with Crippen LogP contribution in [0.25, 0.3) is 0 Å². The summed E-state index contributed by atoms with van der Waals surface area (Å²) < 4.78 is 16.0. The lowest BCUT2D eigenvalue weighted by Gasteiger charge is -2.38. The van der Waals surface area contributed by atoms with E-state index in [1.54, 1.807) is 17.8 Å². The summed E-state index contributed by atoms with van der Waals surface area (Å²) >= 11 is 1.79. The van der Waals surface area contributed by atoms with Crippen LogP contribution in [0.2, 0.25) is 0 Å². The van der Waals surface area contributed by atoms with Crippen LogP contribution >= 0.6 is 11.8 Å². The van der Waals surface area contributed by atoms with Gasteiger partial charge in [0.2, 0.25) is 5.91 Å². The zero-order chi connectivity index (χ0) is 29.4. The molecule has 1 aromatic rings. The molecule has 226 valence electrons. The van der Waals surface area contributed by atoms with Gasteiger partial charge in [-0.2, -0.15) is 0 Å². The summed E-state index contributed by atoms with van der Waals surface area (Å²) in [6.07, 6.45) is 9.95. The quantitative estimate of drug-likeness (QED) is 0.359. The number of allylic oxidation sites excluding steroid dienone is 5. The van der Waals surface area contributed by atoms with Crippen LogP contribution < -0.4 is 10.2 Å². The Morgan fingerprint density at radius 1 is 1.22 bits per heavy atom. The van der Waals surface area contributed by atoms with Crippen molar-refractivity contribution in [2.24, 2.45) is 10.9 Å². The number of thioether (sulfide) groups is 1. The van der Waals surface area contributed by atoms with Gasteiger partial charge in [0, 0.05) is 76.3 Å². The average Bonchev–Trinajstić information content (AvgIpc) is 3.75. The minimum atomic E-state index is -0.0900. The Kier molecular flexibility index (Phi) is 11.5. The maximum atomic E-state index is 13.7. The van der Waals surface area contributed by atoms with Crippen LogP contribution in [0.4, 0.5) is 10.2 Å². The van der Waals surface area contributed by atoms with Crippen molar-refractivity contribution in [2.45, 2.75) is 71.3 Å². The zero-order valence-corrected chi connectivity index (χ0v) is 26.2. The van der Waals surface area contributed by atoms with Crippen molar-refractivity contribution < 1.29 is 9.18 Å². The molecule has 0 radical (unpaired) electrons. The molecule has 1 N–H and O–H groups in total. The molecule has 0 spiro atoms. The number of piperazine rings is 1. The summed E-state index contributed by atoms with van der Waals surface area (Å²) in [6, 6.07) is 0. The smallest absolute Gasteiger partial charge is 0.227 e. The van der Waals surface area contributed by atoms with Crippen LogP contribution in [0.5, 0.6) is 0 Å². The molecule has 41 heavy (non-hydrogen) atoms. The maximum Gasteiger partial charge on any atom is 0.227 e. The van der Waals surface area contributed by atoms with E-state index in [0.717, 1.165) is 106 Å². The van der Waals surface area contributed by atoms with Gasteiger partial charge in [0.1, 0.15) is 11.6 Å². The SMILES string of the molecule is C=C(CCc1nc(CC)c(N(C)C2N=C(/C=C/CC(F)=CCC)CS2)n1CC)N1CCN(C(=O)C2CCNC2)CC1. The molecule has 4 heterocycles. The van der Waals surface area contributed by atoms with E-state index in [1.807, 2.05) is 24.0 Å². The summed E-state index contributed by atoms with van der Waals surface area (Å²) in [5.74, 6) is 3.39. The van der Waals surface area contributed by atoms with E-state index in [9.17, 15) is 9.18 Å². The molecule has 1 aromatic heterocycles. The molecule has 0 aliphatic carbocycles. The number of carbonyl (C=O) groups excluding carboxylic acids is 1. The Morgan fingerprint density at radius 3 is 2.63 bits per heavy atom. The lowest BCUT2D eigenvalue weighted by Crippen LogP contribution is -2.50. The molecule has 0 aromatic carbocycles. The van der Waals surface area contributed by atoms with E-state index in [-0.39, 0.29) is 17.2 Å². The predicted octanol–water partition coefficient (Wildman–Crippen LogP) is 4.78. The molecule has 3 aliphatic heterocycles. The average molecular weight is 586 g/mol. The van der Waals surface area contributed by atoms with Crippen LogP contribution in [-0.2, 0) is 24.2 Å². The number of imidazole rings is 1. The molecule has 0 saturated carbocycles. The van der Waals surface area contributed by atoms with Crippen molar-refractivity contribution >= 4 is 29.2 Å². The van der Waals surface area contributed by atoms with Gasteiger partial charge in [0.05, 0.1) is 17.4 Å². The van der Waals surface area contributed by atoms with Gasteiger partial charge in [0.25, 0.3) is 0 Å². The van der Waals surface area contributed by atoms with E-state index in [4.69, 9.17) is 9.98 Å². The van der Waals surface area contributed by atoms with Gasteiger partial charge >= 0.3 is 0 Å². The largest absolute Gasteiger partial charge is 0.372 e. The highest BCUT2D eigenvalue weighted by Crippen LogP contribution is 2.32. The standard InChI is InChI=1S/C31H48FN7OS/c1-6-10-25(32)11-9-12-26-22-41-31(34-26)36(5)29-27(7-2)35-28(39(29)8-3)14-13-23(4)37-17-19-38(20-18-37)30(40)24-15-16-33-21-24/h9-10,12,24,31,33H,4,6-8,11,13-22H2,1-3,5H3/b12-9+,25-10?. The zero-order valence-electron chi connectivity index (χ0n) is 25.4. The second-order valence-corrected chi connectivity index (χ2v) is 12.0. The molecule has 4 rings (SSSR count). The number of rotatable bonds is 13. The van der Waals surface area contributed by atoms with E-state index >= 15 is 0 Å². The second kappa shape index (κ2) is 15.0. The van der Waals surface area contributed by atoms with Crippen molar-refractivity contribution in [1.82, 2.24) is 24.7 Å². The van der Waals surface area contributed by atoms with Crippen LogP contribution in [0.15, 0.2) is 41.3 Å². The number of aliphatic imine (C=N–C) groups is 1. The molecule has 0 bridgehead atoms. The Balaban J connectivity index is 1.35. The molecule has 2 unspecified atom stereocenters. The first-order valence-corrected chi connectivity index (χ1v) is 16.3. The Morgan fingerprint density at radius 2 is 1.98 bits per heavy atom. The summed E-state index contributed by atoms with van der Waals surface area (Å²) in [7, 11) is 2.10. The number of hydrogen-bond donors (Lipinski definition) is 1. The van der Waals surface area contributed by atoms with E-state index in [1.165, 1.54) is 0 Å². The Hall–Kier alpha value is -2.59. The topological polar surface area (TPSA) is 69.0 Å². The van der Waals surface area contributed by atoms with Crippen LogP contribution in [-0.4, -0.2) is 88.5 Å². The number of hydrogen-bond acceptors (Lipinski definition) is 7. The fourth-order valence-corrected chi connectivity index (χ4v) is 6.89. The minimum absolute atomic E-state index is 0.0279. The number of aromatic nitrogens is 2. The normalized spacial score (nSPS) is 21.7. The third-order valence-corrected chi connectivity index (χ3v) is 9.38. The third-order valence-electron chi connectivity index (χ3n) is 8.20. The van der Waals surface area contributed by atoms with Crippen LogP contribution in [0, 0.1) is 5.92 Å². The van der Waals surface area contributed by atoms with Gasteiger partial charge in [-0.3, -0.25) is 9.79 Å². The fourth-order valence-electron chi connectivity index (χ4n) is 5.86. The second-order valence-electron chi connectivity index (χ2n) is 11.0. The first kappa shape index (κ1) is 31.3. The van der Waals surface area contributed by atoms with Gasteiger partial charge in [-0.15, -0.1) is 11.8 Å². The monoisotopic (exact) mass is 585 g/mol. The molecule has 2 saturated heterocycles. The first-order chi connectivity index (χ1) is 19.9. The van der Waals surface area contributed by atoms with Crippen LogP contribution in [0.3, 0.4) is 0 Å². The van der Waals surface area contributed by atoms with E-state index in [0.29, 0.717) is 18.7 Å². The van der Waals surface area contributed by atoms with Crippen LogP contribution in [0.1, 0.15) is 58.0 Å². The highest BCUT2D eigenvalue weighted by molar-refractivity contribution is 8.01. The van der Waals surface area contributed by atoms with Gasteiger partial charge in [-0.25, -0.2) is 9.37 Å².